The van der Waals surface area contributed by atoms with E-state index in [4.69, 9.17) is 22.8 Å². The van der Waals surface area contributed by atoms with Gasteiger partial charge in [-0.25, -0.2) is 0 Å². The van der Waals surface area contributed by atoms with Crippen LogP contribution in [0, 0.1) is 0 Å². The van der Waals surface area contributed by atoms with Gasteiger partial charge in [-0.1, -0.05) is 12.1 Å². The molecule has 9 heteroatoms. The molecule has 0 unspecified atom stereocenters. The van der Waals surface area contributed by atoms with Gasteiger partial charge in [0.05, 0.1) is 7.11 Å². The molecule has 0 saturated carbocycles. The highest BCUT2D eigenvalue weighted by Crippen LogP contribution is 2.81. The summed E-state index contributed by atoms with van der Waals surface area (Å²) in [5.74, 6) is 0.598. The molecule has 0 aromatic heterocycles. The quantitative estimate of drug-likeness (QED) is 0.658. The lowest BCUT2D eigenvalue weighted by molar-refractivity contribution is 0.228. The molecule has 1 aromatic carbocycles. The van der Waals surface area contributed by atoms with Crippen molar-refractivity contribution in [1.29, 1.82) is 0 Å². The molecule has 0 heterocycles. The van der Waals surface area contributed by atoms with Crippen LogP contribution in [0.5, 0.6) is 5.75 Å². The maximum Gasteiger partial charge on any atom is 0.352 e. The van der Waals surface area contributed by atoms with Crippen molar-refractivity contribution in [3.63, 3.8) is 0 Å². The molecule has 0 amide bonds. The van der Waals surface area contributed by atoms with E-state index in [0.29, 0.717) is 11.3 Å². The number of rotatable bonds is 8. The van der Waals surface area contributed by atoms with Gasteiger partial charge in [0.15, 0.2) is 4.90 Å². The zero-order chi connectivity index (χ0) is 17.0. The largest absolute Gasteiger partial charge is 0.497 e. The summed E-state index contributed by atoms with van der Waals surface area (Å²) in [7, 11) is -1.29. The molecule has 22 heavy (non-hydrogen) atoms. The lowest BCUT2D eigenvalue weighted by Crippen LogP contribution is -2.26. The molecule has 0 aliphatic heterocycles. The first-order valence-electron chi connectivity index (χ1n) is 6.36. The van der Waals surface area contributed by atoms with Crippen molar-refractivity contribution in [2.24, 2.45) is 0 Å². The normalized spacial score (nSPS) is 13.2. The average Bonchev–Trinajstić information content (AvgIpc) is 2.59. The number of hydrogen-bond acceptors (Lipinski definition) is 7. The van der Waals surface area contributed by atoms with Crippen LogP contribution in [0.4, 0.5) is 0 Å². The Kier molecular flexibility index (Phi) is 6.39. The molecule has 0 aliphatic rings. The molecule has 0 N–H and O–H groups in total. The summed E-state index contributed by atoms with van der Waals surface area (Å²) in [5, 5.41) is 0. The Morgan fingerprint density at radius 2 is 1.14 bits per heavy atom. The third-order valence-electron chi connectivity index (χ3n) is 3.66. The van der Waals surface area contributed by atoms with Crippen LogP contribution in [0.1, 0.15) is 12.5 Å². The summed E-state index contributed by atoms with van der Waals surface area (Å²) < 4.78 is 51.6. The minimum absolute atomic E-state index is 0.423. The predicted molar refractivity (Wildman–Crippen MR) is 83.6 cm³/mol. The third-order valence-corrected chi connectivity index (χ3v) is 9.71. The van der Waals surface area contributed by atoms with Gasteiger partial charge in [0.25, 0.3) is 0 Å². The Morgan fingerprint density at radius 3 is 1.41 bits per heavy atom. The Balaban J connectivity index is 3.65. The van der Waals surface area contributed by atoms with Gasteiger partial charge in [-0.2, -0.15) is 0 Å². The van der Waals surface area contributed by atoms with E-state index in [1.165, 1.54) is 42.5 Å². The third kappa shape index (κ3) is 2.90. The zero-order valence-electron chi connectivity index (χ0n) is 13.6. The molecule has 126 valence electrons. The molecule has 0 bridgehead atoms. The van der Waals surface area contributed by atoms with Crippen LogP contribution >= 0.6 is 15.2 Å². The van der Waals surface area contributed by atoms with Gasteiger partial charge in [-0.05, 0) is 24.6 Å². The van der Waals surface area contributed by atoms with E-state index in [0.717, 1.165) is 0 Å². The second-order valence-electron chi connectivity index (χ2n) is 4.47. The van der Waals surface area contributed by atoms with Crippen LogP contribution in [0.15, 0.2) is 24.3 Å². The first-order valence-corrected chi connectivity index (χ1v) is 9.44. The van der Waals surface area contributed by atoms with E-state index >= 15 is 0 Å². The number of ether oxygens (including phenoxy) is 1. The molecule has 0 saturated heterocycles. The lowest BCUT2D eigenvalue weighted by Gasteiger charge is -2.38. The minimum atomic E-state index is -3.86. The minimum Gasteiger partial charge on any atom is -0.497 e. The summed E-state index contributed by atoms with van der Waals surface area (Å²) >= 11 is 0. The van der Waals surface area contributed by atoms with E-state index in [9.17, 15) is 9.13 Å². The standard InChI is InChI=1S/C13H22O7P2/c1-13(21(14,17-3)18-4,22(15,19-5)20-6)11-7-9-12(16-2)10-8-11/h7-10H,1-6H3. The molecule has 0 fully saturated rings. The first-order chi connectivity index (χ1) is 10.3. The molecular weight excluding hydrogens is 330 g/mol. The molecule has 0 aliphatic carbocycles. The smallest absolute Gasteiger partial charge is 0.352 e. The van der Waals surface area contributed by atoms with Crippen LogP contribution in [0.25, 0.3) is 0 Å². The van der Waals surface area contributed by atoms with E-state index in [2.05, 4.69) is 0 Å². The SMILES string of the molecule is COc1ccc(C(C)(P(=O)(OC)OC)P(=O)(OC)OC)cc1. The Morgan fingerprint density at radius 1 is 0.773 bits per heavy atom. The summed E-state index contributed by atoms with van der Waals surface area (Å²) in [6, 6.07) is 6.54. The van der Waals surface area contributed by atoms with Crippen molar-refractivity contribution in [1.82, 2.24) is 0 Å². The van der Waals surface area contributed by atoms with Crippen molar-refractivity contribution in [3.05, 3.63) is 29.8 Å². The molecule has 0 atom stereocenters. The fraction of sp³-hybridized carbons (Fsp3) is 0.538. The number of methoxy groups -OCH3 is 1. The summed E-state index contributed by atoms with van der Waals surface area (Å²) in [6.45, 7) is 1.47. The summed E-state index contributed by atoms with van der Waals surface area (Å²) in [4.78, 5) is -1.64. The molecule has 7 nitrogen and oxygen atoms in total. The van der Waals surface area contributed by atoms with Crippen molar-refractivity contribution < 1.29 is 32.0 Å². The van der Waals surface area contributed by atoms with Crippen LogP contribution < -0.4 is 4.74 Å². The second-order valence-corrected chi connectivity index (χ2v) is 10.1. The molecule has 1 aromatic rings. The molecule has 0 radical (unpaired) electrons. The monoisotopic (exact) mass is 352 g/mol. The van der Waals surface area contributed by atoms with Crippen molar-refractivity contribution in [2.45, 2.75) is 11.8 Å². The van der Waals surface area contributed by atoms with E-state index in [-0.39, 0.29) is 0 Å². The van der Waals surface area contributed by atoms with Crippen LogP contribution in [-0.4, -0.2) is 35.5 Å². The van der Waals surface area contributed by atoms with Gasteiger partial charge in [0.2, 0.25) is 0 Å². The molecule has 1 rings (SSSR count). The highest BCUT2D eigenvalue weighted by molar-refractivity contribution is 7.73. The van der Waals surface area contributed by atoms with Crippen LogP contribution in [0.3, 0.4) is 0 Å². The first kappa shape index (κ1) is 19.4. The van der Waals surface area contributed by atoms with Crippen LogP contribution in [0.2, 0.25) is 0 Å². The molecular formula is C13H22O7P2. The zero-order valence-corrected chi connectivity index (χ0v) is 15.4. The van der Waals surface area contributed by atoms with Crippen LogP contribution in [-0.2, 0) is 32.1 Å². The maximum atomic E-state index is 13.1. The average molecular weight is 352 g/mol. The number of hydrogen-bond donors (Lipinski definition) is 0. The Hall–Kier alpha value is -0.680. The van der Waals surface area contributed by atoms with Crippen molar-refractivity contribution in [2.75, 3.05) is 35.5 Å². The van der Waals surface area contributed by atoms with Gasteiger partial charge in [0, 0.05) is 28.4 Å². The number of benzene rings is 1. The Bertz CT molecular complexity index is 543. The predicted octanol–water partition coefficient (Wildman–Crippen LogP) is 3.84. The summed E-state index contributed by atoms with van der Waals surface area (Å²) in [5.41, 5.74) is 0.423. The van der Waals surface area contributed by atoms with Gasteiger partial charge in [0.1, 0.15) is 5.75 Å². The topological polar surface area (TPSA) is 80.3 Å². The van der Waals surface area contributed by atoms with Gasteiger partial charge >= 0.3 is 15.2 Å². The summed E-state index contributed by atoms with van der Waals surface area (Å²) in [6.07, 6.45) is 0. The highest BCUT2D eigenvalue weighted by atomic mass is 31.2. The fourth-order valence-corrected chi connectivity index (χ4v) is 7.06. The van der Waals surface area contributed by atoms with E-state index in [1.807, 2.05) is 0 Å². The molecule has 0 spiro atoms. The fourth-order valence-electron chi connectivity index (χ4n) is 2.23. The van der Waals surface area contributed by atoms with E-state index < -0.39 is 20.1 Å². The highest BCUT2D eigenvalue weighted by Gasteiger charge is 2.62. The van der Waals surface area contributed by atoms with Gasteiger partial charge < -0.3 is 22.8 Å². The van der Waals surface area contributed by atoms with E-state index in [1.54, 1.807) is 24.3 Å². The lowest BCUT2D eigenvalue weighted by atomic mass is 10.1. The Labute approximate surface area is 130 Å². The van der Waals surface area contributed by atoms with Gasteiger partial charge in [-0.15, -0.1) is 0 Å². The second kappa shape index (κ2) is 7.26. The maximum absolute atomic E-state index is 13.1. The van der Waals surface area contributed by atoms with Crippen molar-refractivity contribution in [3.8, 4) is 5.75 Å². The van der Waals surface area contributed by atoms with Crippen molar-refractivity contribution >= 4 is 15.2 Å². The van der Waals surface area contributed by atoms with Gasteiger partial charge in [-0.3, -0.25) is 9.13 Å².